The molecule has 0 fully saturated rings. The van der Waals surface area contributed by atoms with E-state index in [1.165, 1.54) is 5.56 Å². The summed E-state index contributed by atoms with van der Waals surface area (Å²) in [5, 5.41) is 3.20. The molecule has 1 aromatic rings. The van der Waals surface area contributed by atoms with Crippen LogP contribution in [0.25, 0.3) is 0 Å². The molecule has 0 spiro atoms. The molecule has 0 amide bonds. The molecular weight excluding hydrogens is 210 g/mol. The molecule has 1 N–H and O–H groups in total. The van der Waals surface area contributed by atoms with Gasteiger partial charge in [-0.25, -0.2) is 0 Å². The van der Waals surface area contributed by atoms with Gasteiger partial charge in [0.05, 0.1) is 6.54 Å². The number of Topliss-reactive ketones (excluding diaryl/α,β-unsaturated/α-hetero) is 1. The minimum Gasteiger partial charge on any atom is -0.306 e. The maximum atomic E-state index is 11.7. The van der Waals surface area contributed by atoms with Gasteiger partial charge in [-0.3, -0.25) is 4.79 Å². The Morgan fingerprint density at radius 1 is 1.29 bits per heavy atom. The number of nitrogens with one attached hydrogen (secondary N) is 1. The van der Waals surface area contributed by atoms with E-state index in [4.69, 9.17) is 0 Å². The highest BCUT2D eigenvalue weighted by Crippen LogP contribution is 2.09. The Kier molecular flexibility index (Phi) is 6.56. The maximum absolute atomic E-state index is 11.7. The predicted molar refractivity (Wildman–Crippen MR) is 71.8 cm³/mol. The number of benzene rings is 1. The minimum absolute atomic E-state index is 0.321. The van der Waals surface area contributed by atoms with Crippen molar-refractivity contribution in [2.75, 3.05) is 6.54 Å². The molecule has 1 rings (SSSR count). The number of hydrogen-bond donors (Lipinski definition) is 1. The van der Waals surface area contributed by atoms with Crippen LogP contribution < -0.4 is 5.32 Å². The van der Waals surface area contributed by atoms with Crippen molar-refractivity contribution in [3.05, 3.63) is 35.9 Å². The summed E-state index contributed by atoms with van der Waals surface area (Å²) in [5.41, 5.74) is 1.22. The van der Waals surface area contributed by atoms with Crippen LogP contribution in [-0.2, 0) is 11.3 Å². The van der Waals surface area contributed by atoms with E-state index in [0.717, 1.165) is 19.4 Å². The molecule has 1 atom stereocenters. The van der Waals surface area contributed by atoms with E-state index < -0.39 is 0 Å². The zero-order chi connectivity index (χ0) is 12.5. The van der Waals surface area contributed by atoms with Crippen molar-refractivity contribution >= 4 is 5.78 Å². The van der Waals surface area contributed by atoms with Crippen LogP contribution in [0.1, 0.15) is 38.7 Å². The van der Waals surface area contributed by atoms with E-state index in [1.807, 2.05) is 18.2 Å². The third-order valence-electron chi connectivity index (χ3n) is 2.85. The Bertz CT molecular complexity index is 321. The second-order valence-electron chi connectivity index (χ2n) is 4.73. The molecule has 0 heterocycles. The molecule has 1 aromatic carbocycles. The molecule has 0 aliphatic heterocycles. The average molecular weight is 233 g/mol. The lowest BCUT2D eigenvalue weighted by atomic mass is 10.00. The van der Waals surface area contributed by atoms with Gasteiger partial charge in [-0.05, 0) is 11.5 Å². The Balaban J connectivity index is 2.16. The van der Waals surface area contributed by atoms with Crippen molar-refractivity contribution in [1.29, 1.82) is 0 Å². The second kappa shape index (κ2) is 8.02. The van der Waals surface area contributed by atoms with Gasteiger partial charge < -0.3 is 5.32 Å². The predicted octanol–water partition coefficient (Wildman–Crippen LogP) is 3.17. The standard InChI is InChI=1S/C15H23NO/c1-3-7-13(2)10-15(17)12-16-11-14-8-5-4-6-9-14/h4-6,8-9,13,16H,3,7,10-12H2,1-2H3. The summed E-state index contributed by atoms with van der Waals surface area (Å²) >= 11 is 0. The lowest BCUT2D eigenvalue weighted by molar-refractivity contribution is -0.119. The molecule has 0 saturated heterocycles. The van der Waals surface area contributed by atoms with Gasteiger partial charge in [-0.1, -0.05) is 57.0 Å². The molecule has 17 heavy (non-hydrogen) atoms. The molecule has 2 nitrogen and oxygen atoms in total. The Morgan fingerprint density at radius 2 is 2.00 bits per heavy atom. The van der Waals surface area contributed by atoms with Gasteiger partial charge in [-0.2, -0.15) is 0 Å². The number of carbonyl (C=O) groups is 1. The first kappa shape index (κ1) is 13.9. The highest BCUT2D eigenvalue weighted by Gasteiger charge is 2.07. The van der Waals surface area contributed by atoms with Crippen molar-refractivity contribution in [3.8, 4) is 0 Å². The number of ketones is 1. The van der Waals surface area contributed by atoms with Gasteiger partial charge in [0, 0.05) is 13.0 Å². The highest BCUT2D eigenvalue weighted by atomic mass is 16.1. The molecule has 0 bridgehead atoms. The summed E-state index contributed by atoms with van der Waals surface area (Å²) in [4.78, 5) is 11.7. The zero-order valence-electron chi connectivity index (χ0n) is 10.9. The summed E-state index contributed by atoms with van der Waals surface area (Å²) in [6, 6.07) is 10.2. The minimum atomic E-state index is 0.321. The fraction of sp³-hybridized carbons (Fsp3) is 0.533. The first-order valence-electron chi connectivity index (χ1n) is 6.48. The summed E-state index contributed by atoms with van der Waals surface area (Å²) in [6.45, 7) is 5.57. The van der Waals surface area contributed by atoms with Crippen molar-refractivity contribution in [1.82, 2.24) is 5.32 Å². The molecule has 1 unspecified atom stereocenters. The van der Waals surface area contributed by atoms with Crippen LogP contribution in [0, 0.1) is 5.92 Å². The van der Waals surface area contributed by atoms with E-state index in [0.29, 0.717) is 24.7 Å². The molecule has 94 valence electrons. The third-order valence-corrected chi connectivity index (χ3v) is 2.85. The number of hydrogen-bond acceptors (Lipinski definition) is 2. The fourth-order valence-corrected chi connectivity index (χ4v) is 2.00. The van der Waals surface area contributed by atoms with E-state index in [9.17, 15) is 4.79 Å². The number of carbonyl (C=O) groups excluding carboxylic acids is 1. The summed E-state index contributed by atoms with van der Waals surface area (Å²) in [7, 11) is 0. The van der Waals surface area contributed by atoms with Crippen LogP contribution in [0.4, 0.5) is 0 Å². The van der Waals surface area contributed by atoms with Crippen LogP contribution in [-0.4, -0.2) is 12.3 Å². The van der Waals surface area contributed by atoms with Gasteiger partial charge in [0.25, 0.3) is 0 Å². The Hall–Kier alpha value is -1.15. The molecule has 0 aliphatic rings. The smallest absolute Gasteiger partial charge is 0.146 e. The first-order valence-corrected chi connectivity index (χ1v) is 6.48. The number of rotatable bonds is 8. The zero-order valence-corrected chi connectivity index (χ0v) is 10.9. The monoisotopic (exact) mass is 233 g/mol. The summed E-state index contributed by atoms with van der Waals surface area (Å²) in [6.07, 6.45) is 3.01. The van der Waals surface area contributed by atoms with Crippen molar-refractivity contribution in [2.24, 2.45) is 5.92 Å². The quantitative estimate of drug-likeness (QED) is 0.747. The topological polar surface area (TPSA) is 29.1 Å². The normalized spacial score (nSPS) is 12.4. The van der Waals surface area contributed by atoms with Gasteiger partial charge in [-0.15, -0.1) is 0 Å². The maximum Gasteiger partial charge on any atom is 0.146 e. The second-order valence-corrected chi connectivity index (χ2v) is 4.73. The third kappa shape index (κ3) is 6.22. The summed E-state index contributed by atoms with van der Waals surface area (Å²) in [5.74, 6) is 0.841. The SMILES string of the molecule is CCCC(C)CC(=O)CNCc1ccccc1. The van der Waals surface area contributed by atoms with Crippen molar-refractivity contribution < 1.29 is 4.79 Å². The molecule has 0 aliphatic carbocycles. The summed E-state index contributed by atoms with van der Waals surface area (Å²) < 4.78 is 0. The van der Waals surface area contributed by atoms with E-state index in [-0.39, 0.29) is 0 Å². The fourth-order valence-electron chi connectivity index (χ4n) is 2.00. The molecule has 2 heteroatoms. The van der Waals surface area contributed by atoms with Gasteiger partial charge in [0.2, 0.25) is 0 Å². The van der Waals surface area contributed by atoms with E-state index >= 15 is 0 Å². The Morgan fingerprint density at radius 3 is 2.65 bits per heavy atom. The van der Waals surface area contributed by atoms with Gasteiger partial charge in [0.15, 0.2) is 0 Å². The molecule has 0 radical (unpaired) electrons. The first-order chi connectivity index (χ1) is 8.22. The van der Waals surface area contributed by atoms with Gasteiger partial charge >= 0.3 is 0 Å². The van der Waals surface area contributed by atoms with Crippen LogP contribution in [0.15, 0.2) is 30.3 Å². The van der Waals surface area contributed by atoms with E-state index in [1.54, 1.807) is 0 Å². The van der Waals surface area contributed by atoms with Crippen LogP contribution >= 0.6 is 0 Å². The lowest BCUT2D eigenvalue weighted by Gasteiger charge is -2.09. The molecule has 0 aromatic heterocycles. The van der Waals surface area contributed by atoms with Crippen molar-refractivity contribution in [2.45, 2.75) is 39.7 Å². The van der Waals surface area contributed by atoms with Crippen molar-refractivity contribution in [3.63, 3.8) is 0 Å². The highest BCUT2D eigenvalue weighted by molar-refractivity contribution is 5.80. The molecular formula is C15H23NO. The van der Waals surface area contributed by atoms with Crippen LogP contribution in [0.5, 0.6) is 0 Å². The lowest BCUT2D eigenvalue weighted by Crippen LogP contribution is -2.23. The average Bonchev–Trinajstić information content (AvgIpc) is 2.30. The van der Waals surface area contributed by atoms with Crippen LogP contribution in [0.3, 0.4) is 0 Å². The van der Waals surface area contributed by atoms with E-state index in [2.05, 4.69) is 31.3 Å². The largest absolute Gasteiger partial charge is 0.306 e. The molecule has 0 saturated carbocycles. The van der Waals surface area contributed by atoms with Gasteiger partial charge in [0.1, 0.15) is 5.78 Å². The van der Waals surface area contributed by atoms with Crippen LogP contribution in [0.2, 0.25) is 0 Å². The Labute approximate surface area is 104 Å².